The lowest BCUT2D eigenvalue weighted by atomic mass is 9.77. The first-order chi connectivity index (χ1) is 16.7. The summed E-state index contributed by atoms with van der Waals surface area (Å²) in [6, 6.07) is 39.3. The Morgan fingerprint density at radius 1 is 0.588 bits per heavy atom. The van der Waals surface area contributed by atoms with E-state index in [1.165, 1.54) is 0 Å². The molecule has 0 saturated carbocycles. The Labute approximate surface area is 202 Å². The maximum Gasteiger partial charge on any atom is 0.144 e. The Morgan fingerprint density at radius 2 is 1.18 bits per heavy atom. The van der Waals surface area contributed by atoms with Crippen molar-refractivity contribution in [3.63, 3.8) is 0 Å². The molecule has 0 amide bonds. The Morgan fingerprint density at radius 3 is 1.88 bits per heavy atom. The second-order valence-electron chi connectivity index (χ2n) is 8.39. The molecule has 0 bridgehead atoms. The van der Waals surface area contributed by atoms with E-state index in [1.807, 2.05) is 121 Å². The molecule has 1 N–H and O–H groups in total. The van der Waals surface area contributed by atoms with Crippen molar-refractivity contribution in [3.05, 3.63) is 143 Å². The maximum absolute atomic E-state index is 12.5. The highest BCUT2D eigenvalue weighted by molar-refractivity contribution is 6.38. The first kappa shape index (κ1) is 20.7. The van der Waals surface area contributed by atoms with Crippen LogP contribution >= 0.6 is 11.6 Å². The third kappa shape index (κ3) is 3.15. The first-order valence-corrected chi connectivity index (χ1v) is 11.6. The molecule has 0 saturated heterocycles. The fourth-order valence-electron chi connectivity index (χ4n) is 4.87. The molecular formula is C31H21ClO2. The Hall–Kier alpha value is -3.85. The van der Waals surface area contributed by atoms with Crippen molar-refractivity contribution in [2.24, 2.45) is 0 Å². The van der Waals surface area contributed by atoms with Crippen molar-refractivity contribution in [1.82, 2.24) is 0 Å². The smallest absolute Gasteiger partial charge is 0.144 e. The number of rotatable bonds is 4. The van der Waals surface area contributed by atoms with E-state index in [2.05, 4.69) is 0 Å². The molecule has 0 atom stereocenters. The van der Waals surface area contributed by atoms with E-state index in [9.17, 15) is 5.11 Å². The van der Waals surface area contributed by atoms with Crippen LogP contribution in [0.15, 0.2) is 126 Å². The molecule has 1 heterocycles. The maximum atomic E-state index is 12.5. The Balaban J connectivity index is 1.69. The molecule has 0 radical (unpaired) electrons. The van der Waals surface area contributed by atoms with Gasteiger partial charge in [-0.1, -0.05) is 115 Å². The van der Waals surface area contributed by atoms with Gasteiger partial charge in [0.15, 0.2) is 0 Å². The van der Waals surface area contributed by atoms with Crippen LogP contribution in [-0.4, -0.2) is 5.11 Å². The van der Waals surface area contributed by atoms with Gasteiger partial charge in [-0.2, -0.15) is 0 Å². The highest BCUT2D eigenvalue weighted by Gasteiger charge is 2.36. The van der Waals surface area contributed by atoms with Gasteiger partial charge in [0.1, 0.15) is 16.8 Å². The Kier molecular flexibility index (Phi) is 4.99. The van der Waals surface area contributed by atoms with Crippen molar-refractivity contribution >= 4 is 33.5 Å². The summed E-state index contributed by atoms with van der Waals surface area (Å²) in [6.45, 7) is 0. The molecule has 6 rings (SSSR count). The van der Waals surface area contributed by atoms with Gasteiger partial charge in [0.2, 0.25) is 0 Å². The lowest BCUT2D eigenvalue weighted by Crippen LogP contribution is -2.29. The number of para-hydroxylation sites is 1. The topological polar surface area (TPSA) is 33.4 Å². The van der Waals surface area contributed by atoms with Crippen LogP contribution in [-0.2, 0) is 5.60 Å². The van der Waals surface area contributed by atoms with E-state index >= 15 is 0 Å². The normalized spacial score (nSPS) is 11.8. The number of halogens is 1. The molecule has 1 aromatic heterocycles. The van der Waals surface area contributed by atoms with E-state index in [1.54, 1.807) is 0 Å². The van der Waals surface area contributed by atoms with Crippen molar-refractivity contribution in [3.8, 4) is 11.1 Å². The zero-order valence-corrected chi connectivity index (χ0v) is 19.0. The zero-order valence-electron chi connectivity index (χ0n) is 18.3. The summed E-state index contributed by atoms with van der Waals surface area (Å²) < 4.78 is 6.33. The monoisotopic (exact) mass is 460 g/mol. The molecule has 0 fully saturated rings. The molecule has 34 heavy (non-hydrogen) atoms. The van der Waals surface area contributed by atoms with Crippen molar-refractivity contribution in [1.29, 1.82) is 0 Å². The first-order valence-electron chi connectivity index (χ1n) is 11.2. The van der Waals surface area contributed by atoms with Gasteiger partial charge in [-0.05, 0) is 34.9 Å². The number of fused-ring (bicyclic) bond motifs is 3. The number of hydrogen-bond donors (Lipinski definition) is 1. The van der Waals surface area contributed by atoms with Gasteiger partial charge < -0.3 is 9.52 Å². The fraction of sp³-hybridized carbons (Fsp3) is 0.0323. The van der Waals surface area contributed by atoms with Crippen LogP contribution < -0.4 is 0 Å². The summed E-state index contributed by atoms with van der Waals surface area (Å²) in [5.74, 6) is 0. The largest absolute Gasteiger partial charge is 0.455 e. The molecule has 164 valence electrons. The third-order valence-electron chi connectivity index (χ3n) is 6.47. The van der Waals surface area contributed by atoms with Gasteiger partial charge in [0.05, 0.1) is 5.02 Å². The van der Waals surface area contributed by atoms with Crippen LogP contribution in [0.4, 0.5) is 0 Å². The highest BCUT2D eigenvalue weighted by atomic mass is 35.5. The summed E-state index contributed by atoms with van der Waals surface area (Å²) in [4.78, 5) is 0. The molecular weight excluding hydrogens is 440 g/mol. The predicted molar refractivity (Wildman–Crippen MR) is 139 cm³/mol. The average Bonchev–Trinajstić information content (AvgIpc) is 3.30. The number of aliphatic hydroxyl groups is 1. The highest BCUT2D eigenvalue weighted by Crippen LogP contribution is 2.45. The van der Waals surface area contributed by atoms with Crippen LogP contribution in [0, 0.1) is 0 Å². The number of furan rings is 1. The number of hydrogen-bond acceptors (Lipinski definition) is 2. The van der Waals surface area contributed by atoms with Crippen LogP contribution in [0.25, 0.3) is 33.1 Å². The standard InChI is InChI=1S/C31H21ClO2/c32-27-20-19-24(30-29(27)25-16-8-10-18-28(25)34-30)23-15-7-9-17-26(23)31(33,21-11-3-1-4-12-21)22-13-5-2-6-14-22/h1-20,33H. The molecule has 6 aromatic rings. The van der Waals surface area contributed by atoms with Crippen LogP contribution in [0.1, 0.15) is 16.7 Å². The molecule has 0 aliphatic rings. The summed E-state index contributed by atoms with van der Waals surface area (Å²) in [5.41, 5.74) is 4.27. The van der Waals surface area contributed by atoms with E-state index in [0.29, 0.717) is 10.6 Å². The molecule has 0 spiro atoms. The summed E-state index contributed by atoms with van der Waals surface area (Å²) in [7, 11) is 0. The summed E-state index contributed by atoms with van der Waals surface area (Å²) in [6.07, 6.45) is 0. The molecule has 0 unspecified atom stereocenters. The number of benzene rings is 5. The van der Waals surface area contributed by atoms with E-state index in [0.717, 1.165) is 44.2 Å². The fourth-order valence-corrected chi connectivity index (χ4v) is 5.12. The molecule has 0 aliphatic heterocycles. The molecule has 0 aliphatic carbocycles. The van der Waals surface area contributed by atoms with Crippen molar-refractivity contribution in [2.75, 3.05) is 0 Å². The summed E-state index contributed by atoms with van der Waals surface area (Å²) in [5, 5.41) is 15.0. The Bertz CT molecular complexity index is 1580. The van der Waals surface area contributed by atoms with E-state index in [4.69, 9.17) is 16.0 Å². The van der Waals surface area contributed by atoms with Crippen LogP contribution in [0.3, 0.4) is 0 Å². The van der Waals surface area contributed by atoms with Gasteiger partial charge >= 0.3 is 0 Å². The van der Waals surface area contributed by atoms with Gasteiger partial charge in [0, 0.05) is 21.9 Å². The van der Waals surface area contributed by atoms with Crippen LogP contribution in [0.5, 0.6) is 0 Å². The minimum atomic E-state index is -1.36. The zero-order chi connectivity index (χ0) is 23.1. The minimum absolute atomic E-state index is 0.641. The molecule has 3 heteroatoms. The minimum Gasteiger partial charge on any atom is -0.455 e. The van der Waals surface area contributed by atoms with E-state index < -0.39 is 5.60 Å². The quantitative estimate of drug-likeness (QED) is 0.269. The second kappa shape index (κ2) is 8.18. The lowest BCUT2D eigenvalue weighted by molar-refractivity contribution is 0.126. The third-order valence-corrected chi connectivity index (χ3v) is 6.78. The van der Waals surface area contributed by atoms with Crippen molar-refractivity contribution in [2.45, 2.75) is 5.60 Å². The summed E-state index contributed by atoms with van der Waals surface area (Å²) >= 11 is 6.65. The predicted octanol–water partition coefficient (Wildman–Crippen LogP) is 8.19. The van der Waals surface area contributed by atoms with Gasteiger partial charge in [-0.3, -0.25) is 0 Å². The van der Waals surface area contributed by atoms with Crippen molar-refractivity contribution < 1.29 is 9.52 Å². The van der Waals surface area contributed by atoms with Gasteiger partial charge in [-0.25, -0.2) is 0 Å². The lowest BCUT2D eigenvalue weighted by Gasteiger charge is -2.32. The molecule has 5 aromatic carbocycles. The van der Waals surface area contributed by atoms with Crippen LogP contribution in [0.2, 0.25) is 5.02 Å². The molecule has 2 nitrogen and oxygen atoms in total. The van der Waals surface area contributed by atoms with E-state index in [-0.39, 0.29) is 0 Å². The second-order valence-corrected chi connectivity index (χ2v) is 8.79. The SMILES string of the molecule is OC(c1ccccc1)(c1ccccc1)c1ccccc1-c1ccc(Cl)c2c1oc1ccccc12. The average molecular weight is 461 g/mol. The van der Waals surface area contributed by atoms with Gasteiger partial charge in [0.25, 0.3) is 0 Å². The van der Waals surface area contributed by atoms with Gasteiger partial charge in [-0.15, -0.1) is 0 Å².